The van der Waals surface area contributed by atoms with Crippen molar-refractivity contribution in [2.75, 3.05) is 7.05 Å². The third-order valence-electron chi connectivity index (χ3n) is 6.17. The van der Waals surface area contributed by atoms with Gasteiger partial charge in [-0.3, -0.25) is 4.90 Å². The molecule has 2 aliphatic heterocycles. The topological polar surface area (TPSA) is 49.8 Å². The van der Waals surface area contributed by atoms with E-state index in [4.69, 9.17) is 4.74 Å². The molecule has 0 spiro atoms. The van der Waals surface area contributed by atoms with Crippen LogP contribution in [-0.4, -0.2) is 47.3 Å². The molecule has 1 N–H and O–H groups in total. The van der Waals surface area contributed by atoms with E-state index < -0.39 is 0 Å². The van der Waals surface area contributed by atoms with Crippen LogP contribution in [0.4, 0.5) is 0 Å². The lowest BCUT2D eigenvalue weighted by Gasteiger charge is -2.42. The van der Waals surface area contributed by atoms with E-state index in [9.17, 15) is 9.90 Å². The van der Waals surface area contributed by atoms with Crippen LogP contribution >= 0.6 is 0 Å². The third-order valence-corrected chi connectivity index (χ3v) is 6.17. The lowest BCUT2D eigenvalue weighted by atomic mass is 9.82. The lowest BCUT2D eigenvalue weighted by molar-refractivity contribution is -0.151. The summed E-state index contributed by atoms with van der Waals surface area (Å²) in [5, 5.41) is 10.6. The highest BCUT2D eigenvalue weighted by atomic mass is 16.5. The highest BCUT2D eigenvalue weighted by molar-refractivity contribution is 5.87. The maximum absolute atomic E-state index is 12.5. The number of hydrogen-bond acceptors (Lipinski definition) is 4. The summed E-state index contributed by atoms with van der Waals surface area (Å²) in [5.74, 6) is -0.236. The Morgan fingerprint density at radius 2 is 1.79 bits per heavy atom. The van der Waals surface area contributed by atoms with Gasteiger partial charge in [-0.2, -0.15) is 0 Å². The summed E-state index contributed by atoms with van der Waals surface area (Å²) in [6, 6.07) is 20.3. The second-order valence-electron chi connectivity index (χ2n) is 7.92. The van der Waals surface area contributed by atoms with E-state index in [0.29, 0.717) is 0 Å². The summed E-state index contributed by atoms with van der Waals surface area (Å²) in [6.07, 6.45) is 5.05. The Kier molecular flexibility index (Phi) is 5.60. The molecule has 2 fully saturated rings. The van der Waals surface area contributed by atoms with E-state index in [0.717, 1.165) is 24.8 Å². The van der Waals surface area contributed by atoms with E-state index in [1.165, 1.54) is 11.6 Å². The number of aliphatic hydroxyl groups excluding tert-OH is 1. The molecule has 28 heavy (non-hydrogen) atoms. The summed E-state index contributed by atoms with van der Waals surface area (Å²) in [7, 11) is 2.08. The van der Waals surface area contributed by atoms with Gasteiger partial charge in [-0.1, -0.05) is 60.7 Å². The number of piperidine rings is 1. The first-order valence-corrected chi connectivity index (χ1v) is 9.99. The van der Waals surface area contributed by atoms with Gasteiger partial charge in [-0.15, -0.1) is 0 Å². The Balaban J connectivity index is 1.50. The number of rotatable bonds is 5. The van der Waals surface area contributed by atoms with Gasteiger partial charge >= 0.3 is 5.97 Å². The summed E-state index contributed by atoms with van der Waals surface area (Å²) >= 11 is 0. The molecule has 0 saturated carbocycles. The second kappa shape index (κ2) is 8.29. The number of esters is 1. The van der Waals surface area contributed by atoms with Crippen molar-refractivity contribution in [1.82, 2.24) is 4.90 Å². The summed E-state index contributed by atoms with van der Waals surface area (Å²) in [6.45, 7) is 0. The molecule has 146 valence electrons. The van der Waals surface area contributed by atoms with Crippen LogP contribution < -0.4 is 0 Å². The predicted octanol–water partition coefficient (Wildman–Crippen LogP) is 3.31. The predicted molar refractivity (Wildman–Crippen MR) is 110 cm³/mol. The van der Waals surface area contributed by atoms with E-state index in [1.54, 1.807) is 6.08 Å². The Hall–Kier alpha value is -2.43. The quantitative estimate of drug-likeness (QED) is 0.642. The van der Waals surface area contributed by atoms with Gasteiger partial charge < -0.3 is 9.84 Å². The molecular formula is C24H27NO3. The zero-order valence-corrected chi connectivity index (χ0v) is 16.1. The average molecular weight is 377 g/mol. The highest BCUT2D eigenvalue weighted by Gasteiger charge is 2.51. The molecule has 2 heterocycles. The van der Waals surface area contributed by atoms with E-state index in [1.807, 2.05) is 48.5 Å². The first-order valence-electron chi connectivity index (χ1n) is 9.99. The maximum Gasteiger partial charge on any atom is 0.331 e. The van der Waals surface area contributed by atoms with Crippen LogP contribution in [0.1, 0.15) is 24.0 Å². The van der Waals surface area contributed by atoms with Crippen molar-refractivity contribution in [3.63, 3.8) is 0 Å². The molecule has 2 aromatic carbocycles. The van der Waals surface area contributed by atoms with Gasteiger partial charge in [-0.25, -0.2) is 4.79 Å². The molecule has 0 aliphatic carbocycles. The Morgan fingerprint density at radius 3 is 2.50 bits per heavy atom. The molecule has 5 atom stereocenters. The lowest BCUT2D eigenvalue weighted by Crippen LogP contribution is -2.53. The third kappa shape index (κ3) is 4.03. The molecule has 0 amide bonds. The molecule has 2 bridgehead atoms. The number of aliphatic hydroxyl groups is 1. The second-order valence-corrected chi connectivity index (χ2v) is 7.92. The summed E-state index contributed by atoms with van der Waals surface area (Å²) in [5.41, 5.74) is 2.18. The van der Waals surface area contributed by atoms with Crippen LogP contribution in [0.15, 0.2) is 66.7 Å². The minimum absolute atomic E-state index is 0.0230. The number of nitrogens with zero attached hydrogens (tertiary/aromatic N) is 1. The summed E-state index contributed by atoms with van der Waals surface area (Å²) < 4.78 is 5.91. The molecule has 0 unspecified atom stereocenters. The highest BCUT2D eigenvalue weighted by Crippen LogP contribution is 2.41. The fourth-order valence-electron chi connectivity index (χ4n) is 4.80. The first-order chi connectivity index (χ1) is 13.6. The van der Waals surface area contributed by atoms with E-state index >= 15 is 0 Å². The molecule has 2 aliphatic rings. The largest absolute Gasteiger partial charge is 0.459 e. The fourth-order valence-corrected chi connectivity index (χ4v) is 4.80. The minimum atomic E-state index is -0.368. The zero-order valence-electron chi connectivity index (χ0n) is 16.1. The van der Waals surface area contributed by atoms with Crippen molar-refractivity contribution in [3.8, 4) is 0 Å². The van der Waals surface area contributed by atoms with Crippen molar-refractivity contribution in [2.24, 2.45) is 5.92 Å². The van der Waals surface area contributed by atoms with Crippen LogP contribution in [0, 0.1) is 5.92 Å². The van der Waals surface area contributed by atoms with Crippen LogP contribution in [0.25, 0.3) is 6.08 Å². The molecule has 0 radical (unpaired) electrons. The van der Waals surface area contributed by atoms with Gasteiger partial charge in [-0.05, 0) is 37.1 Å². The molecular weight excluding hydrogens is 350 g/mol. The van der Waals surface area contributed by atoms with Crippen LogP contribution in [0.2, 0.25) is 0 Å². The van der Waals surface area contributed by atoms with Crippen molar-refractivity contribution in [3.05, 3.63) is 77.9 Å². The molecule has 2 saturated heterocycles. The van der Waals surface area contributed by atoms with E-state index in [-0.39, 0.29) is 36.2 Å². The number of ether oxygens (including phenoxy) is 1. The van der Waals surface area contributed by atoms with Crippen LogP contribution in [-0.2, 0) is 16.0 Å². The summed E-state index contributed by atoms with van der Waals surface area (Å²) in [4.78, 5) is 14.8. The Bertz CT molecular complexity index is 820. The molecule has 4 rings (SSSR count). The number of carbonyl (C=O) groups excluding carboxylic acids is 1. The van der Waals surface area contributed by atoms with Crippen molar-refractivity contribution >= 4 is 12.0 Å². The normalized spacial score (nSPS) is 29.9. The molecule has 4 nitrogen and oxygen atoms in total. The van der Waals surface area contributed by atoms with Crippen molar-refractivity contribution < 1.29 is 14.6 Å². The van der Waals surface area contributed by atoms with Crippen molar-refractivity contribution in [1.29, 1.82) is 0 Å². The van der Waals surface area contributed by atoms with Gasteiger partial charge in [0, 0.05) is 30.5 Å². The zero-order chi connectivity index (χ0) is 19.5. The standard InChI is InChI=1S/C24H27NO3/c1-25-19-15-21(26)24(25)20(14-18-10-6-3-7-11-18)22(16-19)28-23(27)13-12-17-8-4-2-5-9-17/h2-13,19-22,24,26H,14-16H2,1H3/b13-12+/t19-,20+,21+,22+,24-/m1/s1. The molecule has 0 aromatic heterocycles. The van der Waals surface area contributed by atoms with Gasteiger partial charge in [0.15, 0.2) is 0 Å². The number of hydrogen-bond donors (Lipinski definition) is 1. The maximum atomic E-state index is 12.5. The number of benzene rings is 2. The van der Waals surface area contributed by atoms with Gasteiger partial charge in [0.25, 0.3) is 0 Å². The molecule has 2 aromatic rings. The minimum Gasteiger partial charge on any atom is -0.459 e. The number of carbonyl (C=O) groups is 1. The van der Waals surface area contributed by atoms with E-state index in [2.05, 4.69) is 24.1 Å². The van der Waals surface area contributed by atoms with Gasteiger partial charge in [0.05, 0.1) is 6.10 Å². The molecule has 4 heteroatoms. The van der Waals surface area contributed by atoms with Crippen LogP contribution in [0.5, 0.6) is 0 Å². The SMILES string of the molecule is CN1[C@H]2C[C@H](OC(=O)/C=C/c3ccccc3)[C@H](Cc3ccccc3)[C@@H]1[C@@H](O)C2. The number of likely N-dealkylation sites (N-methyl/N-ethyl adjacent to an activating group) is 1. The Morgan fingerprint density at radius 1 is 1.11 bits per heavy atom. The first kappa shape index (κ1) is 18.9. The fraction of sp³-hybridized carbons (Fsp3) is 0.375. The monoisotopic (exact) mass is 377 g/mol. The average Bonchev–Trinajstić information content (AvgIpc) is 2.90. The van der Waals surface area contributed by atoms with Crippen LogP contribution in [0.3, 0.4) is 0 Å². The van der Waals surface area contributed by atoms with Gasteiger partial charge in [0.2, 0.25) is 0 Å². The Labute approximate surface area is 166 Å². The smallest absolute Gasteiger partial charge is 0.331 e. The van der Waals surface area contributed by atoms with Crippen molar-refractivity contribution in [2.45, 2.75) is 43.6 Å². The van der Waals surface area contributed by atoms with Gasteiger partial charge in [0.1, 0.15) is 6.10 Å². The number of fused-ring (bicyclic) bond motifs is 2.